The second-order valence-electron chi connectivity index (χ2n) is 8.80. The molecule has 1 unspecified atom stereocenters. The van der Waals surface area contributed by atoms with Crippen molar-refractivity contribution in [3.63, 3.8) is 0 Å². The minimum Gasteiger partial charge on any atom is -0.358 e. The number of piperazine rings is 1. The Kier molecular flexibility index (Phi) is 10.3. The van der Waals surface area contributed by atoms with Crippen LogP contribution in [0.5, 0.6) is 0 Å². The van der Waals surface area contributed by atoms with Crippen molar-refractivity contribution >= 4 is 29.4 Å². The molecule has 1 aliphatic heterocycles. The molecule has 3 rings (SSSR count). The summed E-state index contributed by atoms with van der Waals surface area (Å²) < 4.78 is 14.0. The molecule has 2 aromatic rings. The van der Waals surface area contributed by atoms with E-state index in [0.29, 0.717) is 57.8 Å². The van der Waals surface area contributed by atoms with E-state index in [-0.39, 0.29) is 29.6 Å². The van der Waals surface area contributed by atoms with Crippen LogP contribution >= 0.6 is 0 Å². The van der Waals surface area contributed by atoms with E-state index in [1.165, 1.54) is 30.3 Å². The van der Waals surface area contributed by atoms with E-state index in [2.05, 4.69) is 22.2 Å². The average molecular weight is 527 g/mol. The number of hydrogen-bond donors (Lipinski definition) is 2. The number of nitro groups is 1. The second-order valence-corrected chi connectivity index (χ2v) is 8.80. The lowest BCUT2D eigenvalue weighted by Crippen LogP contribution is -2.55. The lowest BCUT2D eigenvalue weighted by molar-refractivity contribution is -0.389. The Labute approximate surface area is 219 Å². The van der Waals surface area contributed by atoms with Crippen molar-refractivity contribution in [1.29, 1.82) is 0 Å². The molecule has 12 heteroatoms. The van der Waals surface area contributed by atoms with Crippen LogP contribution in [0.2, 0.25) is 0 Å². The van der Waals surface area contributed by atoms with Crippen LogP contribution in [0.3, 0.4) is 0 Å². The van der Waals surface area contributed by atoms with Gasteiger partial charge in [0.1, 0.15) is 11.9 Å². The third-order valence-electron chi connectivity index (χ3n) is 6.17. The van der Waals surface area contributed by atoms with E-state index in [1.807, 2.05) is 4.90 Å². The number of aromatic nitrogens is 1. The van der Waals surface area contributed by atoms with Crippen molar-refractivity contribution in [3.05, 3.63) is 76.6 Å². The molecule has 1 atom stereocenters. The highest BCUT2D eigenvalue weighted by Crippen LogP contribution is 2.18. The van der Waals surface area contributed by atoms with E-state index in [0.717, 1.165) is 0 Å². The lowest BCUT2D eigenvalue weighted by Gasteiger charge is -2.36. The van der Waals surface area contributed by atoms with Gasteiger partial charge >= 0.3 is 5.82 Å². The van der Waals surface area contributed by atoms with E-state index in [1.54, 1.807) is 23.1 Å². The van der Waals surface area contributed by atoms with Crippen LogP contribution in [0.15, 0.2) is 55.1 Å². The highest BCUT2D eigenvalue weighted by molar-refractivity contribution is 5.88. The maximum Gasteiger partial charge on any atom is 0.365 e. The van der Waals surface area contributed by atoms with Gasteiger partial charge in [-0.15, -0.1) is 0 Å². The Hall–Kier alpha value is -4.35. The molecular weight excluding hydrogens is 495 g/mol. The van der Waals surface area contributed by atoms with Gasteiger partial charge in [0.25, 0.3) is 0 Å². The zero-order chi connectivity index (χ0) is 27.5. The van der Waals surface area contributed by atoms with E-state index in [4.69, 9.17) is 0 Å². The van der Waals surface area contributed by atoms with Gasteiger partial charge in [-0.2, -0.15) is 0 Å². The molecule has 1 aliphatic rings. The monoisotopic (exact) mass is 526 g/mol. The minimum absolute atomic E-state index is 0.196. The molecule has 1 aromatic heterocycles. The van der Waals surface area contributed by atoms with Crippen molar-refractivity contribution < 1.29 is 23.7 Å². The summed E-state index contributed by atoms with van der Waals surface area (Å²) in [6.07, 6.45) is 2.48. The Morgan fingerprint density at radius 1 is 1.11 bits per heavy atom. The largest absolute Gasteiger partial charge is 0.365 e. The molecule has 0 aliphatic carbocycles. The van der Waals surface area contributed by atoms with E-state index < -0.39 is 22.7 Å². The molecule has 0 saturated carbocycles. The summed E-state index contributed by atoms with van der Waals surface area (Å²) >= 11 is 0. The topological polar surface area (TPSA) is 138 Å². The van der Waals surface area contributed by atoms with Crippen LogP contribution in [0.1, 0.15) is 24.8 Å². The molecule has 0 bridgehead atoms. The molecule has 11 nitrogen and oxygen atoms in total. The van der Waals surface area contributed by atoms with Crippen LogP contribution in [-0.4, -0.2) is 71.3 Å². The summed E-state index contributed by atoms with van der Waals surface area (Å²) in [6, 6.07) is 9.73. The zero-order valence-corrected chi connectivity index (χ0v) is 21.0. The predicted molar refractivity (Wildman–Crippen MR) is 139 cm³/mol. The SMILES string of the molecule is C=CC(=O)NCCCCC(NC(=O)Cc1ccccc1F)C(=O)N1CCN(c2cccc([N+](=O)[O-])n2)CC1. The van der Waals surface area contributed by atoms with Gasteiger partial charge in [0, 0.05) is 44.9 Å². The quantitative estimate of drug-likeness (QED) is 0.187. The van der Waals surface area contributed by atoms with Crippen LogP contribution in [0.4, 0.5) is 16.0 Å². The van der Waals surface area contributed by atoms with Crippen molar-refractivity contribution in [2.75, 3.05) is 37.6 Å². The number of carbonyl (C=O) groups excluding carboxylic acids is 3. The number of pyridine rings is 1. The summed E-state index contributed by atoms with van der Waals surface area (Å²) in [5.74, 6) is -1.28. The number of rotatable bonds is 12. The van der Waals surface area contributed by atoms with Crippen molar-refractivity contribution in [2.45, 2.75) is 31.7 Å². The van der Waals surface area contributed by atoms with Crippen molar-refractivity contribution in [1.82, 2.24) is 20.5 Å². The first-order valence-electron chi connectivity index (χ1n) is 12.4. The summed E-state index contributed by atoms with van der Waals surface area (Å²) in [4.78, 5) is 55.5. The number of carbonyl (C=O) groups is 3. The lowest BCUT2D eigenvalue weighted by atomic mass is 10.1. The first kappa shape index (κ1) is 28.2. The number of hydrogen-bond acceptors (Lipinski definition) is 7. The number of anilines is 1. The molecule has 0 radical (unpaired) electrons. The standard InChI is InChI=1S/C26H31FN6O5/c1-2-24(34)28-13-6-5-10-21(29-25(35)18-19-8-3-4-9-20(19)27)26(36)32-16-14-31(15-17-32)22-11-7-12-23(30-22)33(37)38/h2-4,7-9,11-12,21H,1,5-6,10,13-18H2,(H,28,34)(H,29,35). The van der Waals surface area contributed by atoms with Gasteiger partial charge in [0.15, 0.2) is 0 Å². The van der Waals surface area contributed by atoms with Gasteiger partial charge in [-0.25, -0.2) is 4.39 Å². The first-order valence-corrected chi connectivity index (χ1v) is 12.4. The Morgan fingerprint density at radius 2 is 1.84 bits per heavy atom. The number of nitrogens with one attached hydrogen (secondary N) is 2. The van der Waals surface area contributed by atoms with Crippen LogP contribution in [0.25, 0.3) is 0 Å². The molecule has 0 spiro atoms. The fourth-order valence-electron chi connectivity index (χ4n) is 4.14. The summed E-state index contributed by atoms with van der Waals surface area (Å²) in [5, 5.41) is 16.5. The maximum absolute atomic E-state index is 14.0. The average Bonchev–Trinajstić information content (AvgIpc) is 2.93. The number of amides is 3. The third-order valence-corrected chi connectivity index (χ3v) is 6.17. The van der Waals surface area contributed by atoms with Crippen LogP contribution in [-0.2, 0) is 20.8 Å². The maximum atomic E-state index is 14.0. The Morgan fingerprint density at radius 3 is 2.53 bits per heavy atom. The van der Waals surface area contributed by atoms with Crippen molar-refractivity contribution in [3.8, 4) is 0 Å². The summed E-state index contributed by atoms with van der Waals surface area (Å²) in [6.45, 7) is 5.34. The van der Waals surface area contributed by atoms with Gasteiger partial charge in [-0.05, 0) is 52.9 Å². The normalized spacial score (nSPS) is 13.9. The molecule has 3 amide bonds. The fraction of sp³-hybridized carbons (Fsp3) is 0.385. The molecule has 1 fully saturated rings. The Balaban J connectivity index is 1.61. The van der Waals surface area contributed by atoms with Gasteiger partial charge < -0.3 is 30.5 Å². The van der Waals surface area contributed by atoms with Gasteiger partial charge in [-0.1, -0.05) is 24.8 Å². The highest BCUT2D eigenvalue weighted by Gasteiger charge is 2.30. The molecule has 202 valence electrons. The molecular formula is C26H31FN6O5. The minimum atomic E-state index is -0.813. The second kappa shape index (κ2) is 13.8. The highest BCUT2D eigenvalue weighted by atomic mass is 19.1. The molecule has 38 heavy (non-hydrogen) atoms. The van der Waals surface area contributed by atoms with Crippen LogP contribution < -0.4 is 15.5 Å². The smallest absolute Gasteiger partial charge is 0.358 e. The third kappa shape index (κ3) is 8.08. The summed E-state index contributed by atoms with van der Waals surface area (Å²) in [7, 11) is 0. The zero-order valence-electron chi connectivity index (χ0n) is 21.0. The molecule has 1 saturated heterocycles. The Bertz CT molecular complexity index is 1170. The number of benzene rings is 1. The van der Waals surface area contributed by atoms with Gasteiger partial charge in [-0.3, -0.25) is 14.4 Å². The predicted octanol–water partition coefficient (Wildman–Crippen LogP) is 1.98. The molecule has 2 N–H and O–H groups in total. The summed E-state index contributed by atoms with van der Waals surface area (Å²) in [5.41, 5.74) is 0.237. The molecule has 1 aromatic carbocycles. The number of halogens is 1. The molecule has 2 heterocycles. The van der Waals surface area contributed by atoms with Crippen LogP contribution in [0, 0.1) is 15.9 Å². The fourth-order valence-corrected chi connectivity index (χ4v) is 4.14. The van der Waals surface area contributed by atoms with Gasteiger partial charge in [0.05, 0.1) is 6.42 Å². The number of nitrogens with zero attached hydrogens (tertiary/aromatic N) is 4. The van der Waals surface area contributed by atoms with Gasteiger partial charge in [0.2, 0.25) is 23.5 Å². The van der Waals surface area contributed by atoms with Crippen molar-refractivity contribution in [2.24, 2.45) is 0 Å². The van der Waals surface area contributed by atoms with E-state index >= 15 is 0 Å². The van der Waals surface area contributed by atoms with E-state index in [9.17, 15) is 28.9 Å². The number of unbranched alkanes of at least 4 members (excludes halogenated alkanes) is 1. The first-order chi connectivity index (χ1) is 18.3.